The Bertz CT molecular complexity index is 1590. The lowest BCUT2D eigenvalue weighted by Gasteiger charge is -2.15. The molecule has 5 rings (SSSR count). The molecule has 0 saturated carbocycles. The van der Waals surface area contributed by atoms with E-state index in [1.54, 1.807) is 54.7 Å². The number of nitrogens with zero attached hydrogens (tertiary/aromatic N) is 3. The van der Waals surface area contributed by atoms with Crippen LogP contribution in [0.2, 0.25) is 10.0 Å². The number of pyridine rings is 1. The van der Waals surface area contributed by atoms with Gasteiger partial charge in [-0.05, 0) is 42.0 Å². The molecule has 0 amide bonds. The summed E-state index contributed by atoms with van der Waals surface area (Å²) in [6.07, 6.45) is 3.20. The van der Waals surface area contributed by atoms with Crippen LogP contribution >= 0.6 is 23.2 Å². The highest BCUT2D eigenvalue weighted by molar-refractivity contribution is 6.42. The maximum absolute atomic E-state index is 13.7. The zero-order valence-electron chi connectivity index (χ0n) is 16.6. The van der Waals surface area contributed by atoms with Gasteiger partial charge >= 0.3 is 5.69 Å². The van der Waals surface area contributed by atoms with Crippen molar-refractivity contribution in [3.8, 4) is 22.5 Å². The van der Waals surface area contributed by atoms with Crippen molar-refractivity contribution in [2.45, 2.75) is 0 Å². The summed E-state index contributed by atoms with van der Waals surface area (Å²) in [5, 5.41) is 1.08. The van der Waals surface area contributed by atoms with Crippen LogP contribution in [0, 0.1) is 0 Å². The van der Waals surface area contributed by atoms with Crippen molar-refractivity contribution >= 4 is 34.1 Å². The number of hydrogen-bond acceptors (Lipinski definition) is 3. The Hall–Kier alpha value is -3.67. The summed E-state index contributed by atoms with van der Waals surface area (Å²) >= 11 is 12.3. The molecule has 32 heavy (non-hydrogen) atoms. The van der Waals surface area contributed by atoms with Crippen LogP contribution in [0.5, 0.6) is 0 Å². The predicted octanol–water partition coefficient (Wildman–Crippen LogP) is 5.51. The summed E-state index contributed by atoms with van der Waals surface area (Å²) in [5.41, 5.74) is 2.13. The van der Waals surface area contributed by atoms with Crippen molar-refractivity contribution in [3.05, 3.63) is 122 Å². The van der Waals surface area contributed by atoms with E-state index in [9.17, 15) is 9.59 Å². The van der Waals surface area contributed by atoms with E-state index in [0.29, 0.717) is 32.3 Å². The monoisotopic (exact) mass is 459 g/mol. The Kier molecular flexibility index (Phi) is 5.13. The van der Waals surface area contributed by atoms with Crippen LogP contribution in [0.3, 0.4) is 0 Å². The van der Waals surface area contributed by atoms with Crippen molar-refractivity contribution in [1.29, 1.82) is 0 Å². The first-order valence-corrected chi connectivity index (χ1v) is 10.5. The van der Waals surface area contributed by atoms with Crippen molar-refractivity contribution in [2.75, 3.05) is 0 Å². The third-order valence-corrected chi connectivity index (χ3v) is 5.95. The zero-order valence-corrected chi connectivity index (χ0v) is 18.1. The summed E-state index contributed by atoms with van der Waals surface area (Å²) in [4.78, 5) is 31.3. The minimum atomic E-state index is -0.529. The molecule has 0 radical (unpaired) electrons. The molecule has 0 atom stereocenters. The summed E-state index contributed by atoms with van der Waals surface area (Å²) in [6, 6.07) is 23.3. The molecule has 0 fully saturated rings. The van der Waals surface area contributed by atoms with E-state index < -0.39 is 11.2 Å². The van der Waals surface area contributed by atoms with Gasteiger partial charge in [-0.1, -0.05) is 65.7 Å². The molecule has 2 heterocycles. The van der Waals surface area contributed by atoms with E-state index in [0.717, 1.165) is 15.7 Å². The van der Waals surface area contributed by atoms with Gasteiger partial charge in [-0.25, -0.2) is 9.36 Å². The van der Waals surface area contributed by atoms with E-state index in [1.165, 1.54) is 10.8 Å². The Morgan fingerprint density at radius 3 is 2.19 bits per heavy atom. The molecule has 0 aliphatic heterocycles. The van der Waals surface area contributed by atoms with Crippen LogP contribution in [-0.2, 0) is 0 Å². The van der Waals surface area contributed by atoms with Gasteiger partial charge in [-0.15, -0.1) is 0 Å². The second kappa shape index (κ2) is 8.11. The quantitative estimate of drug-likeness (QED) is 0.357. The molecule has 0 unspecified atom stereocenters. The van der Waals surface area contributed by atoms with Gasteiger partial charge < -0.3 is 0 Å². The van der Waals surface area contributed by atoms with Crippen molar-refractivity contribution in [2.24, 2.45) is 0 Å². The fraction of sp³-hybridized carbons (Fsp3) is 0. The maximum Gasteiger partial charge on any atom is 0.340 e. The number of aromatic nitrogens is 3. The van der Waals surface area contributed by atoms with Crippen LogP contribution in [0.25, 0.3) is 33.4 Å². The van der Waals surface area contributed by atoms with Crippen molar-refractivity contribution < 1.29 is 0 Å². The Labute approximate surface area is 192 Å². The third kappa shape index (κ3) is 3.42. The molecule has 5 nitrogen and oxygen atoms in total. The summed E-state index contributed by atoms with van der Waals surface area (Å²) in [5.74, 6) is 0. The number of fused-ring (bicyclic) bond motifs is 1. The summed E-state index contributed by atoms with van der Waals surface area (Å²) in [7, 11) is 0. The Morgan fingerprint density at radius 2 is 1.41 bits per heavy atom. The predicted molar refractivity (Wildman–Crippen MR) is 128 cm³/mol. The molecule has 0 aliphatic rings. The summed E-state index contributed by atoms with van der Waals surface area (Å²) < 4.78 is 2.58. The average Bonchev–Trinajstić information content (AvgIpc) is 2.82. The number of benzene rings is 3. The van der Waals surface area contributed by atoms with E-state index in [-0.39, 0.29) is 0 Å². The number of halogens is 2. The van der Waals surface area contributed by atoms with Gasteiger partial charge in [0.1, 0.15) is 0 Å². The third-order valence-electron chi connectivity index (χ3n) is 5.21. The highest BCUT2D eigenvalue weighted by Crippen LogP contribution is 2.26. The molecule has 2 aromatic heterocycles. The van der Waals surface area contributed by atoms with Crippen LogP contribution in [-0.4, -0.2) is 14.1 Å². The fourth-order valence-electron chi connectivity index (χ4n) is 3.70. The number of para-hydroxylation sites is 1. The van der Waals surface area contributed by atoms with Crippen molar-refractivity contribution in [3.63, 3.8) is 0 Å². The minimum Gasteiger partial charge on any atom is -0.268 e. The Morgan fingerprint density at radius 1 is 0.656 bits per heavy atom. The fourth-order valence-corrected chi connectivity index (χ4v) is 3.99. The molecular weight excluding hydrogens is 445 g/mol. The van der Waals surface area contributed by atoms with Gasteiger partial charge in [0.2, 0.25) is 0 Å². The lowest BCUT2D eigenvalue weighted by molar-refractivity contribution is 0.831. The summed E-state index contributed by atoms with van der Waals surface area (Å²) in [6.45, 7) is 0. The highest BCUT2D eigenvalue weighted by atomic mass is 35.5. The van der Waals surface area contributed by atoms with Gasteiger partial charge in [-0.3, -0.25) is 14.3 Å². The minimum absolute atomic E-state index is 0.311. The number of rotatable bonds is 3. The first-order chi connectivity index (χ1) is 15.5. The normalized spacial score (nSPS) is 11.1. The largest absolute Gasteiger partial charge is 0.340 e. The second-order valence-electron chi connectivity index (χ2n) is 7.17. The van der Waals surface area contributed by atoms with Crippen molar-refractivity contribution in [1.82, 2.24) is 14.1 Å². The molecule has 0 spiro atoms. The molecule has 0 aliphatic carbocycles. The van der Waals surface area contributed by atoms with Crippen LogP contribution in [0.15, 0.2) is 101 Å². The average molecular weight is 460 g/mol. The zero-order chi connectivity index (χ0) is 22.2. The SMILES string of the molecule is O=c1c2ccccc2n(-c2ccc(Cl)c(Cl)c2)c(=O)n1-c1cncc(-c2ccccc2)c1. The molecule has 0 saturated heterocycles. The molecule has 3 aromatic carbocycles. The smallest absolute Gasteiger partial charge is 0.268 e. The van der Waals surface area contributed by atoms with E-state index in [4.69, 9.17) is 23.2 Å². The molecule has 0 bridgehead atoms. The van der Waals surface area contributed by atoms with E-state index >= 15 is 0 Å². The van der Waals surface area contributed by atoms with Gasteiger partial charge in [-0.2, -0.15) is 0 Å². The molecule has 5 aromatic rings. The number of hydrogen-bond donors (Lipinski definition) is 0. The molecule has 0 N–H and O–H groups in total. The second-order valence-corrected chi connectivity index (χ2v) is 7.99. The standard InChI is InChI=1S/C25H15Cl2N3O2/c26-21-11-10-18(13-22(21)27)29-23-9-5-4-8-20(23)24(31)30(25(29)32)19-12-17(14-28-15-19)16-6-2-1-3-7-16/h1-15H. The van der Waals surface area contributed by atoms with Gasteiger partial charge in [0.05, 0.1) is 38.5 Å². The molecule has 156 valence electrons. The van der Waals surface area contributed by atoms with Gasteiger partial charge in [0, 0.05) is 11.8 Å². The maximum atomic E-state index is 13.7. The molecular formula is C25H15Cl2N3O2. The Balaban J connectivity index is 1.83. The van der Waals surface area contributed by atoms with Crippen LogP contribution in [0.1, 0.15) is 0 Å². The molecule has 7 heteroatoms. The van der Waals surface area contributed by atoms with Gasteiger partial charge in [0.25, 0.3) is 5.56 Å². The van der Waals surface area contributed by atoms with Crippen LogP contribution < -0.4 is 11.2 Å². The van der Waals surface area contributed by atoms with Crippen LogP contribution in [0.4, 0.5) is 0 Å². The topological polar surface area (TPSA) is 56.9 Å². The highest BCUT2D eigenvalue weighted by Gasteiger charge is 2.17. The van der Waals surface area contributed by atoms with E-state index in [1.807, 2.05) is 30.3 Å². The lowest BCUT2D eigenvalue weighted by atomic mass is 10.1. The first kappa shape index (κ1) is 20.2. The lowest BCUT2D eigenvalue weighted by Crippen LogP contribution is -2.38. The van der Waals surface area contributed by atoms with E-state index in [2.05, 4.69) is 4.98 Å². The first-order valence-electron chi connectivity index (χ1n) is 9.78. The van der Waals surface area contributed by atoms with Gasteiger partial charge in [0.15, 0.2) is 0 Å².